The van der Waals surface area contributed by atoms with Gasteiger partial charge in [-0.1, -0.05) is 84.9 Å². The quantitative estimate of drug-likeness (QED) is 0.605. The van der Waals surface area contributed by atoms with Gasteiger partial charge < -0.3 is 0 Å². The molecule has 0 radical (unpaired) electrons. The molecule has 0 bridgehead atoms. The lowest BCUT2D eigenvalue weighted by atomic mass is 10.1. The lowest BCUT2D eigenvalue weighted by molar-refractivity contribution is 0.776. The van der Waals surface area contributed by atoms with Crippen LogP contribution in [0.5, 0.6) is 0 Å². The van der Waals surface area contributed by atoms with Crippen LogP contribution in [0.1, 0.15) is 28.4 Å². The number of benzene rings is 3. The van der Waals surface area contributed by atoms with Gasteiger partial charge in [-0.2, -0.15) is 0 Å². The Balaban J connectivity index is 1.81. The number of aliphatic imine (C=N–C) groups is 2. The van der Waals surface area contributed by atoms with Crippen LogP contribution in [0, 0.1) is 6.92 Å². The second kappa shape index (κ2) is 7.08. The van der Waals surface area contributed by atoms with Gasteiger partial charge in [0.05, 0.1) is 0 Å². The maximum Gasteiger partial charge on any atom is 0.168 e. The molecule has 0 aliphatic carbocycles. The van der Waals surface area contributed by atoms with Gasteiger partial charge in [-0.25, -0.2) is 9.98 Å². The number of rotatable bonds is 3. The molecule has 1 heterocycles. The second-order valence-electron chi connectivity index (χ2n) is 5.93. The first-order valence-electron chi connectivity index (χ1n) is 8.31. The summed E-state index contributed by atoms with van der Waals surface area (Å²) >= 11 is 1.64. The molecule has 0 spiro atoms. The molecule has 0 aromatic heterocycles. The van der Waals surface area contributed by atoms with Crippen molar-refractivity contribution >= 4 is 21.8 Å². The molecule has 0 fully saturated rings. The van der Waals surface area contributed by atoms with Crippen LogP contribution in [0.3, 0.4) is 0 Å². The molecular formula is C22H18N2S. The summed E-state index contributed by atoms with van der Waals surface area (Å²) in [4.78, 5) is 9.90. The van der Waals surface area contributed by atoms with Crippen LogP contribution in [0.15, 0.2) is 94.9 Å². The largest absolute Gasteiger partial charge is 0.246 e. The molecule has 3 heteroatoms. The molecule has 1 aliphatic heterocycles. The Morgan fingerprint density at radius 1 is 0.640 bits per heavy atom. The first kappa shape index (κ1) is 15.9. The smallest absolute Gasteiger partial charge is 0.168 e. The Bertz CT molecular complexity index is 875. The lowest BCUT2D eigenvalue weighted by Crippen LogP contribution is -2.13. The molecular weight excluding hydrogens is 324 g/mol. The van der Waals surface area contributed by atoms with Crippen LogP contribution in [0.2, 0.25) is 0 Å². The van der Waals surface area contributed by atoms with Crippen molar-refractivity contribution in [1.29, 1.82) is 0 Å². The zero-order valence-electron chi connectivity index (χ0n) is 14.0. The van der Waals surface area contributed by atoms with Gasteiger partial charge in [0.25, 0.3) is 0 Å². The highest BCUT2D eigenvalue weighted by Crippen LogP contribution is 2.33. The topological polar surface area (TPSA) is 24.7 Å². The van der Waals surface area contributed by atoms with E-state index in [-0.39, 0.29) is 6.17 Å². The Morgan fingerprint density at radius 2 is 1.12 bits per heavy atom. The average molecular weight is 342 g/mol. The Morgan fingerprint density at radius 3 is 1.64 bits per heavy atom. The van der Waals surface area contributed by atoms with Gasteiger partial charge in [0.2, 0.25) is 0 Å². The SMILES string of the molecule is Cc1ccccc1C1N=C(c2ccccc2)SC(c2ccccc2)=N1. The predicted molar refractivity (Wildman–Crippen MR) is 107 cm³/mol. The van der Waals surface area contributed by atoms with Gasteiger partial charge in [-0.05, 0) is 24.2 Å². The fourth-order valence-electron chi connectivity index (χ4n) is 2.84. The van der Waals surface area contributed by atoms with Crippen molar-refractivity contribution < 1.29 is 0 Å². The molecule has 0 unspecified atom stereocenters. The molecule has 1 aliphatic rings. The molecule has 0 amide bonds. The molecule has 0 saturated heterocycles. The third-order valence-corrected chi connectivity index (χ3v) is 5.25. The maximum atomic E-state index is 4.95. The van der Waals surface area contributed by atoms with E-state index in [0.717, 1.165) is 26.8 Å². The van der Waals surface area contributed by atoms with E-state index >= 15 is 0 Å². The Kier molecular flexibility index (Phi) is 4.49. The average Bonchev–Trinajstić information content (AvgIpc) is 2.69. The first-order valence-corrected chi connectivity index (χ1v) is 9.13. The van der Waals surface area contributed by atoms with Crippen molar-refractivity contribution in [3.05, 3.63) is 107 Å². The van der Waals surface area contributed by atoms with Crippen molar-refractivity contribution in [3.8, 4) is 0 Å². The third-order valence-electron chi connectivity index (χ3n) is 4.18. The zero-order valence-corrected chi connectivity index (χ0v) is 14.8. The minimum absolute atomic E-state index is 0.201. The molecule has 0 N–H and O–H groups in total. The molecule has 3 aromatic carbocycles. The standard InChI is InChI=1S/C22H18N2S/c1-16-10-8-9-15-19(16)20-23-21(17-11-4-2-5-12-17)25-22(24-20)18-13-6-3-7-14-18/h2-15,20H,1H3. The van der Waals surface area contributed by atoms with Crippen LogP contribution in [0.4, 0.5) is 0 Å². The molecule has 2 nitrogen and oxygen atoms in total. The fourth-order valence-corrected chi connectivity index (χ4v) is 3.84. The van der Waals surface area contributed by atoms with Crippen molar-refractivity contribution in [2.24, 2.45) is 9.98 Å². The normalized spacial score (nSPS) is 14.8. The van der Waals surface area contributed by atoms with Crippen LogP contribution < -0.4 is 0 Å². The van der Waals surface area contributed by atoms with Gasteiger partial charge in [0.1, 0.15) is 10.1 Å². The van der Waals surface area contributed by atoms with Crippen LogP contribution >= 0.6 is 11.8 Å². The summed E-state index contributed by atoms with van der Waals surface area (Å²) in [5.41, 5.74) is 4.64. The number of thioether (sulfide) groups is 1. The number of aryl methyl sites for hydroxylation is 1. The van der Waals surface area contributed by atoms with Crippen molar-refractivity contribution in [1.82, 2.24) is 0 Å². The Hall–Kier alpha value is -2.65. The minimum atomic E-state index is -0.201. The summed E-state index contributed by atoms with van der Waals surface area (Å²) in [7, 11) is 0. The van der Waals surface area contributed by atoms with E-state index in [1.807, 2.05) is 12.1 Å². The lowest BCUT2D eigenvalue weighted by Gasteiger charge is -2.21. The van der Waals surface area contributed by atoms with Gasteiger partial charge in [0, 0.05) is 16.7 Å². The van der Waals surface area contributed by atoms with Crippen molar-refractivity contribution in [2.75, 3.05) is 0 Å². The molecule has 0 atom stereocenters. The van der Waals surface area contributed by atoms with Crippen LogP contribution in [-0.2, 0) is 0 Å². The third kappa shape index (κ3) is 3.42. The number of nitrogens with zero attached hydrogens (tertiary/aromatic N) is 2. The minimum Gasteiger partial charge on any atom is -0.246 e. The summed E-state index contributed by atoms with van der Waals surface area (Å²) in [6.45, 7) is 2.12. The summed E-state index contributed by atoms with van der Waals surface area (Å²) < 4.78 is 0. The summed E-state index contributed by atoms with van der Waals surface area (Å²) in [6.07, 6.45) is -0.201. The molecule has 3 aromatic rings. The van der Waals surface area contributed by atoms with Crippen molar-refractivity contribution in [3.63, 3.8) is 0 Å². The van der Waals surface area contributed by atoms with Gasteiger partial charge in [-0.3, -0.25) is 0 Å². The van der Waals surface area contributed by atoms with E-state index in [2.05, 4.69) is 79.7 Å². The highest BCUT2D eigenvalue weighted by molar-refractivity contribution is 8.27. The Labute approximate surface area is 152 Å². The van der Waals surface area contributed by atoms with Gasteiger partial charge in [-0.15, -0.1) is 0 Å². The summed E-state index contributed by atoms with van der Waals surface area (Å²) in [5.74, 6) is 0. The highest BCUT2D eigenvalue weighted by Gasteiger charge is 2.22. The molecule has 0 saturated carbocycles. The monoisotopic (exact) mass is 342 g/mol. The van der Waals surface area contributed by atoms with Crippen LogP contribution in [-0.4, -0.2) is 10.1 Å². The van der Waals surface area contributed by atoms with E-state index in [0.29, 0.717) is 0 Å². The number of hydrogen-bond donors (Lipinski definition) is 0. The maximum absolute atomic E-state index is 4.95. The summed E-state index contributed by atoms with van der Waals surface area (Å²) in [5, 5.41) is 2.03. The predicted octanol–water partition coefficient (Wildman–Crippen LogP) is 5.63. The second-order valence-corrected chi connectivity index (χ2v) is 6.91. The molecule has 4 rings (SSSR count). The van der Waals surface area contributed by atoms with E-state index in [4.69, 9.17) is 9.98 Å². The van der Waals surface area contributed by atoms with Gasteiger partial charge >= 0.3 is 0 Å². The van der Waals surface area contributed by atoms with Crippen molar-refractivity contribution in [2.45, 2.75) is 13.1 Å². The first-order chi connectivity index (χ1) is 12.3. The summed E-state index contributed by atoms with van der Waals surface area (Å²) in [6, 6.07) is 29.0. The van der Waals surface area contributed by atoms with E-state index < -0.39 is 0 Å². The highest BCUT2D eigenvalue weighted by atomic mass is 32.2. The fraction of sp³-hybridized carbons (Fsp3) is 0.0909. The molecule has 122 valence electrons. The van der Waals surface area contributed by atoms with Crippen LogP contribution in [0.25, 0.3) is 0 Å². The van der Waals surface area contributed by atoms with E-state index in [1.165, 1.54) is 5.56 Å². The van der Waals surface area contributed by atoms with Gasteiger partial charge in [0.15, 0.2) is 6.17 Å². The molecule has 25 heavy (non-hydrogen) atoms. The number of hydrogen-bond acceptors (Lipinski definition) is 3. The van der Waals surface area contributed by atoms with E-state index in [9.17, 15) is 0 Å². The van der Waals surface area contributed by atoms with E-state index in [1.54, 1.807) is 11.8 Å². The zero-order chi connectivity index (χ0) is 17.1.